The zero-order valence-electron chi connectivity index (χ0n) is 21.1. The van der Waals surface area contributed by atoms with E-state index in [1.165, 1.54) is 13.2 Å². The molecule has 38 heavy (non-hydrogen) atoms. The summed E-state index contributed by atoms with van der Waals surface area (Å²) in [6, 6.07) is 19.4. The highest BCUT2D eigenvalue weighted by atomic mass is 35.5. The predicted molar refractivity (Wildman–Crippen MR) is 141 cm³/mol. The molecule has 1 saturated heterocycles. The lowest BCUT2D eigenvalue weighted by Crippen LogP contribution is -2.55. The molecule has 202 valence electrons. The second-order valence-corrected chi connectivity index (χ2v) is 9.41. The minimum Gasteiger partial charge on any atom is -0.494 e. The van der Waals surface area contributed by atoms with Gasteiger partial charge < -0.3 is 34.3 Å². The molecule has 0 saturated carbocycles. The Morgan fingerprint density at radius 1 is 0.921 bits per heavy atom. The van der Waals surface area contributed by atoms with Gasteiger partial charge in [0.2, 0.25) is 0 Å². The van der Waals surface area contributed by atoms with Crippen molar-refractivity contribution in [2.24, 2.45) is 0 Å². The number of carbonyl (C=O) groups excluding carboxylic acids is 1. The third-order valence-electron chi connectivity index (χ3n) is 6.41. The van der Waals surface area contributed by atoms with E-state index in [-0.39, 0.29) is 6.61 Å². The number of ether oxygens (including phenoxy) is 4. The number of esters is 1. The Labute approximate surface area is 226 Å². The van der Waals surface area contributed by atoms with Crippen LogP contribution in [0.15, 0.2) is 66.7 Å². The van der Waals surface area contributed by atoms with E-state index >= 15 is 0 Å². The van der Waals surface area contributed by atoms with Crippen LogP contribution in [0, 0.1) is 0 Å². The largest absolute Gasteiger partial charge is 0.494 e. The molecule has 1 heterocycles. The van der Waals surface area contributed by atoms with E-state index in [2.05, 4.69) is 0 Å². The van der Waals surface area contributed by atoms with E-state index in [1.807, 2.05) is 37.3 Å². The van der Waals surface area contributed by atoms with Gasteiger partial charge in [0, 0.05) is 5.02 Å². The number of hydrogen-bond donors (Lipinski definition) is 3. The lowest BCUT2D eigenvalue weighted by Gasteiger charge is -2.40. The van der Waals surface area contributed by atoms with E-state index < -0.39 is 36.5 Å². The molecule has 8 nitrogen and oxygen atoms in total. The Bertz CT molecular complexity index is 1230. The van der Waals surface area contributed by atoms with Crippen LogP contribution < -0.4 is 9.47 Å². The summed E-state index contributed by atoms with van der Waals surface area (Å²) in [5, 5.41) is 32.5. The summed E-state index contributed by atoms with van der Waals surface area (Å²) in [5.74, 6) is 0.643. The standard InChI is InChI=1S/C29H31ClO8/c1-3-36-21-10-7-17(8-11-21)13-20-14-18(9-12-23(20)30)28-27(33)26(32)25(31)24(38-28)16-37-22-6-4-5-19(15-22)29(34)35-2/h4-12,14-15,24-28,31-33H,3,13,16H2,1-2H3. The second kappa shape index (κ2) is 12.6. The van der Waals surface area contributed by atoms with Gasteiger partial charge >= 0.3 is 5.97 Å². The van der Waals surface area contributed by atoms with Gasteiger partial charge in [-0.2, -0.15) is 0 Å². The number of halogens is 1. The van der Waals surface area contributed by atoms with Crippen LogP contribution in [0.3, 0.4) is 0 Å². The maximum absolute atomic E-state index is 11.8. The van der Waals surface area contributed by atoms with Gasteiger partial charge in [-0.15, -0.1) is 0 Å². The smallest absolute Gasteiger partial charge is 0.337 e. The first-order valence-electron chi connectivity index (χ1n) is 12.3. The highest BCUT2D eigenvalue weighted by Gasteiger charge is 2.44. The first kappa shape index (κ1) is 27.9. The van der Waals surface area contributed by atoms with Crippen molar-refractivity contribution < 1.29 is 39.1 Å². The summed E-state index contributed by atoms with van der Waals surface area (Å²) in [5.41, 5.74) is 2.75. The molecule has 5 unspecified atom stereocenters. The van der Waals surface area contributed by atoms with Gasteiger partial charge in [-0.3, -0.25) is 0 Å². The van der Waals surface area contributed by atoms with E-state index in [9.17, 15) is 20.1 Å². The third kappa shape index (κ3) is 6.46. The molecule has 5 atom stereocenters. The molecule has 3 aromatic carbocycles. The number of hydrogen-bond acceptors (Lipinski definition) is 8. The minimum atomic E-state index is -1.46. The number of methoxy groups -OCH3 is 1. The third-order valence-corrected chi connectivity index (χ3v) is 6.78. The summed E-state index contributed by atoms with van der Waals surface area (Å²) in [6.07, 6.45) is -5.57. The SMILES string of the molecule is CCOc1ccc(Cc2cc(C3OC(COc4cccc(C(=O)OC)c4)C(O)C(O)C3O)ccc2Cl)cc1. The average Bonchev–Trinajstić information content (AvgIpc) is 2.93. The summed E-state index contributed by atoms with van der Waals surface area (Å²) in [4.78, 5) is 11.8. The van der Waals surface area contributed by atoms with E-state index in [0.29, 0.717) is 34.9 Å². The fourth-order valence-electron chi connectivity index (χ4n) is 4.37. The Balaban J connectivity index is 1.49. The first-order valence-corrected chi connectivity index (χ1v) is 12.7. The Hall–Kier alpha value is -3.14. The van der Waals surface area contributed by atoms with E-state index in [4.69, 9.17) is 30.5 Å². The molecule has 0 radical (unpaired) electrons. The zero-order valence-corrected chi connectivity index (χ0v) is 21.9. The van der Waals surface area contributed by atoms with Crippen molar-refractivity contribution in [3.8, 4) is 11.5 Å². The number of benzene rings is 3. The van der Waals surface area contributed by atoms with Crippen molar-refractivity contribution in [3.63, 3.8) is 0 Å². The molecule has 0 aromatic heterocycles. The van der Waals surface area contributed by atoms with Crippen LogP contribution in [-0.2, 0) is 15.9 Å². The molecule has 0 amide bonds. The molecule has 9 heteroatoms. The maximum atomic E-state index is 11.8. The van der Waals surface area contributed by atoms with Crippen molar-refractivity contribution in [2.45, 2.75) is 43.9 Å². The lowest BCUT2D eigenvalue weighted by atomic mass is 9.90. The van der Waals surface area contributed by atoms with Gasteiger partial charge in [-0.1, -0.05) is 41.9 Å². The van der Waals surface area contributed by atoms with Crippen LogP contribution in [0.1, 0.15) is 40.1 Å². The molecule has 0 aliphatic carbocycles. The molecule has 3 N–H and O–H groups in total. The van der Waals surface area contributed by atoms with Crippen LogP contribution in [0.5, 0.6) is 11.5 Å². The van der Waals surface area contributed by atoms with E-state index in [1.54, 1.807) is 30.3 Å². The topological polar surface area (TPSA) is 115 Å². The number of carbonyl (C=O) groups is 1. The van der Waals surface area contributed by atoms with Crippen LogP contribution in [0.2, 0.25) is 5.02 Å². The average molecular weight is 543 g/mol. The first-order chi connectivity index (χ1) is 18.3. The summed E-state index contributed by atoms with van der Waals surface area (Å²) in [7, 11) is 1.29. The van der Waals surface area contributed by atoms with Crippen LogP contribution in [0.25, 0.3) is 0 Å². The molecule has 4 rings (SSSR count). The van der Waals surface area contributed by atoms with Gasteiger partial charge in [-0.25, -0.2) is 4.79 Å². The van der Waals surface area contributed by atoms with Crippen LogP contribution in [-0.4, -0.2) is 66.0 Å². The van der Waals surface area contributed by atoms with Gasteiger partial charge in [-0.05, 0) is 66.4 Å². The molecule has 0 spiro atoms. The van der Waals surface area contributed by atoms with Crippen LogP contribution in [0.4, 0.5) is 0 Å². The lowest BCUT2D eigenvalue weighted by molar-refractivity contribution is -0.230. The van der Waals surface area contributed by atoms with Crippen molar-refractivity contribution in [3.05, 3.63) is 94.0 Å². The summed E-state index contributed by atoms with van der Waals surface area (Å²) in [6.45, 7) is 2.39. The van der Waals surface area contributed by atoms with Crippen LogP contribution >= 0.6 is 11.6 Å². The molecule has 3 aromatic rings. The molecule has 0 bridgehead atoms. The molecule has 1 fully saturated rings. The van der Waals surface area contributed by atoms with Gasteiger partial charge in [0.25, 0.3) is 0 Å². The fourth-order valence-corrected chi connectivity index (χ4v) is 4.55. The highest BCUT2D eigenvalue weighted by molar-refractivity contribution is 6.31. The molecular weight excluding hydrogens is 512 g/mol. The van der Waals surface area contributed by atoms with Crippen molar-refractivity contribution in [1.29, 1.82) is 0 Å². The van der Waals surface area contributed by atoms with Gasteiger partial charge in [0.15, 0.2) is 0 Å². The quantitative estimate of drug-likeness (QED) is 0.351. The number of aliphatic hydroxyl groups is 3. The van der Waals surface area contributed by atoms with Gasteiger partial charge in [0.1, 0.15) is 48.6 Å². The number of rotatable bonds is 9. The molecule has 1 aliphatic heterocycles. The van der Waals surface area contributed by atoms with Crippen molar-refractivity contribution >= 4 is 17.6 Å². The maximum Gasteiger partial charge on any atom is 0.337 e. The number of aliphatic hydroxyl groups excluding tert-OH is 3. The van der Waals surface area contributed by atoms with Crippen molar-refractivity contribution in [1.82, 2.24) is 0 Å². The minimum absolute atomic E-state index is 0.126. The summed E-state index contributed by atoms with van der Waals surface area (Å²) < 4.78 is 22.0. The summed E-state index contributed by atoms with van der Waals surface area (Å²) >= 11 is 6.48. The normalized spacial score (nSPS) is 23.1. The Morgan fingerprint density at radius 3 is 2.39 bits per heavy atom. The predicted octanol–water partition coefficient (Wildman–Crippen LogP) is 3.72. The second-order valence-electron chi connectivity index (χ2n) is 9.00. The van der Waals surface area contributed by atoms with Crippen molar-refractivity contribution in [2.75, 3.05) is 20.3 Å². The van der Waals surface area contributed by atoms with E-state index in [0.717, 1.165) is 16.9 Å². The Morgan fingerprint density at radius 2 is 1.68 bits per heavy atom. The molecular formula is C29H31ClO8. The Kier molecular flexibility index (Phi) is 9.25. The zero-order chi connectivity index (χ0) is 27.2. The molecule has 1 aliphatic rings. The fraction of sp³-hybridized carbons (Fsp3) is 0.345. The highest BCUT2D eigenvalue weighted by Crippen LogP contribution is 2.35. The monoisotopic (exact) mass is 542 g/mol. The van der Waals surface area contributed by atoms with Gasteiger partial charge in [0.05, 0.1) is 19.3 Å².